The number of nitrogens with zero attached hydrogens (tertiary/aromatic N) is 1. The Labute approximate surface area is 94.7 Å². The molecule has 0 bridgehead atoms. The Kier molecular flexibility index (Phi) is 5.70. The second kappa shape index (κ2) is 6.50. The Morgan fingerprint density at radius 2 is 1.81 bits per heavy atom. The van der Waals surface area contributed by atoms with E-state index in [0.717, 1.165) is 0 Å². The highest BCUT2D eigenvalue weighted by Crippen LogP contribution is 2.09. The molecule has 16 heavy (non-hydrogen) atoms. The molecule has 1 N–H and O–H groups in total. The van der Waals surface area contributed by atoms with E-state index < -0.39 is 11.8 Å². The second-order valence-electron chi connectivity index (χ2n) is 3.15. The van der Waals surface area contributed by atoms with E-state index in [1.54, 1.807) is 26.0 Å². The molecule has 0 atom stereocenters. The van der Waals surface area contributed by atoms with Gasteiger partial charge in [-0.2, -0.15) is 0 Å². The fraction of sp³-hybridized carbons (Fsp3) is 0.250. The third-order valence-electron chi connectivity index (χ3n) is 1.88. The number of rotatable bonds is 5. The lowest BCUT2D eigenvalue weighted by atomic mass is 10.1. The van der Waals surface area contributed by atoms with Crippen LogP contribution in [0.15, 0.2) is 40.1 Å². The molecule has 0 fully saturated rings. The maximum Gasteiger partial charge on any atom is 0.339 e. The Bertz CT molecular complexity index is 384. The van der Waals surface area contributed by atoms with Gasteiger partial charge in [0.2, 0.25) is 0 Å². The number of carboxylic acids is 1. The van der Waals surface area contributed by atoms with Crippen molar-refractivity contribution < 1.29 is 14.7 Å². The SMILES string of the molecule is C=N\C(C)=C/C(=C\C)/C=C(/C(C)=O)C(=O)O. The predicted molar refractivity (Wildman–Crippen MR) is 63.5 cm³/mol. The van der Waals surface area contributed by atoms with Crippen LogP contribution >= 0.6 is 0 Å². The fourth-order valence-electron chi connectivity index (χ4n) is 0.976. The van der Waals surface area contributed by atoms with Crippen molar-refractivity contribution in [2.75, 3.05) is 0 Å². The molecule has 4 heteroatoms. The van der Waals surface area contributed by atoms with E-state index in [-0.39, 0.29) is 5.57 Å². The minimum Gasteiger partial charge on any atom is -0.478 e. The fourth-order valence-corrected chi connectivity index (χ4v) is 0.976. The van der Waals surface area contributed by atoms with Crippen LogP contribution in [0.4, 0.5) is 0 Å². The van der Waals surface area contributed by atoms with Gasteiger partial charge in [-0.15, -0.1) is 0 Å². The lowest BCUT2D eigenvalue weighted by molar-refractivity contribution is -0.134. The van der Waals surface area contributed by atoms with Crippen molar-refractivity contribution in [3.05, 3.63) is 35.1 Å². The highest BCUT2D eigenvalue weighted by atomic mass is 16.4. The molecule has 0 aromatic rings. The molecule has 0 spiro atoms. The molecule has 0 aliphatic carbocycles. The Balaban J connectivity index is 5.31. The molecule has 0 aromatic heterocycles. The van der Waals surface area contributed by atoms with Crippen molar-refractivity contribution in [2.24, 2.45) is 4.99 Å². The van der Waals surface area contributed by atoms with Gasteiger partial charge in [-0.05, 0) is 45.2 Å². The summed E-state index contributed by atoms with van der Waals surface area (Å²) in [5.74, 6) is -1.71. The molecule has 0 radical (unpaired) electrons. The van der Waals surface area contributed by atoms with Gasteiger partial charge in [0.1, 0.15) is 5.57 Å². The molecule has 0 aliphatic heterocycles. The van der Waals surface area contributed by atoms with Crippen LogP contribution in [0, 0.1) is 0 Å². The lowest BCUT2D eigenvalue weighted by Gasteiger charge is -1.99. The van der Waals surface area contributed by atoms with E-state index >= 15 is 0 Å². The van der Waals surface area contributed by atoms with Gasteiger partial charge < -0.3 is 5.11 Å². The van der Waals surface area contributed by atoms with Crippen LogP contribution in [-0.4, -0.2) is 23.6 Å². The molecular formula is C12H15NO3. The Morgan fingerprint density at radius 3 is 2.12 bits per heavy atom. The van der Waals surface area contributed by atoms with Gasteiger partial charge >= 0.3 is 5.97 Å². The van der Waals surface area contributed by atoms with Crippen LogP contribution in [0.3, 0.4) is 0 Å². The highest BCUT2D eigenvalue weighted by Gasteiger charge is 2.12. The minimum atomic E-state index is -1.23. The third kappa shape index (κ3) is 4.50. The van der Waals surface area contributed by atoms with Crippen LogP contribution in [0.5, 0.6) is 0 Å². The summed E-state index contributed by atoms with van der Waals surface area (Å²) in [6.45, 7) is 8.05. The number of carboxylic acid groups (broad SMARTS) is 1. The van der Waals surface area contributed by atoms with E-state index in [1.807, 2.05) is 0 Å². The topological polar surface area (TPSA) is 66.7 Å². The first-order chi connectivity index (χ1) is 7.42. The van der Waals surface area contributed by atoms with Gasteiger partial charge in [-0.1, -0.05) is 6.08 Å². The van der Waals surface area contributed by atoms with Crippen LogP contribution in [0.2, 0.25) is 0 Å². The van der Waals surface area contributed by atoms with Gasteiger partial charge in [0.05, 0.1) is 0 Å². The number of hydrogen-bond donors (Lipinski definition) is 1. The number of Topliss-reactive ketones (excluding diaryl/α,β-unsaturated/α-hetero) is 1. The monoisotopic (exact) mass is 221 g/mol. The van der Waals surface area contributed by atoms with Crippen LogP contribution in [-0.2, 0) is 9.59 Å². The van der Waals surface area contributed by atoms with Gasteiger partial charge in [-0.3, -0.25) is 9.79 Å². The zero-order chi connectivity index (χ0) is 12.7. The number of aliphatic carboxylic acids is 1. The Morgan fingerprint density at radius 1 is 1.25 bits per heavy atom. The van der Waals surface area contributed by atoms with Gasteiger partial charge in [0, 0.05) is 5.70 Å². The average molecular weight is 221 g/mol. The van der Waals surface area contributed by atoms with Crippen molar-refractivity contribution in [3.8, 4) is 0 Å². The molecule has 0 saturated heterocycles. The van der Waals surface area contributed by atoms with Crippen LogP contribution in [0.25, 0.3) is 0 Å². The summed E-state index contributed by atoms with van der Waals surface area (Å²) < 4.78 is 0. The average Bonchev–Trinajstić information content (AvgIpc) is 2.22. The smallest absolute Gasteiger partial charge is 0.339 e. The second-order valence-corrected chi connectivity index (χ2v) is 3.15. The number of aliphatic imine (C=N–C) groups is 1. The van der Waals surface area contributed by atoms with E-state index in [9.17, 15) is 9.59 Å². The summed E-state index contributed by atoms with van der Waals surface area (Å²) in [4.78, 5) is 25.5. The minimum absolute atomic E-state index is 0.249. The molecule has 0 amide bonds. The summed E-state index contributed by atoms with van der Waals surface area (Å²) in [7, 11) is 0. The van der Waals surface area contributed by atoms with Crippen molar-refractivity contribution in [1.29, 1.82) is 0 Å². The zero-order valence-corrected chi connectivity index (χ0v) is 9.65. The maximum absolute atomic E-state index is 11.1. The molecule has 0 unspecified atom stereocenters. The van der Waals surface area contributed by atoms with Gasteiger partial charge in [-0.25, -0.2) is 4.79 Å². The summed E-state index contributed by atoms with van der Waals surface area (Å²) in [5.41, 5.74) is 1.01. The van der Waals surface area contributed by atoms with Gasteiger partial charge in [0.15, 0.2) is 5.78 Å². The summed E-state index contributed by atoms with van der Waals surface area (Å²) in [6.07, 6.45) is 4.67. The predicted octanol–water partition coefficient (Wildman–Crippen LogP) is 2.14. The normalized spacial score (nSPS) is 13.6. The van der Waals surface area contributed by atoms with Gasteiger partial charge in [0.25, 0.3) is 0 Å². The summed E-state index contributed by atoms with van der Waals surface area (Å²) in [6, 6.07) is 0. The zero-order valence-electron chi connectivity index (χ0n) is 9.65. The number of carbonyl (C=O) groups excluding carboxylic acids is 1. The van der Waals surface area contributed by atoms with Crippen molar-refractivity contribution in [2.45, 2.75) is 20.8 Å². The van der Waals surface area contributed by atoms with E-state index in [1.165, 1.54) is 13.0 Å². The number of ketones is 1. The number of hydrogen-bond acceptors (Lipinski definition) is 3. The molecule has 4 nitrogen and oxygen atoms in total. The van der Waals surface area contributed by atoms with E-state index in [2.05, 4.69) is 11.7 Å². The molecule has 0 rings (SSSR count). The number of carbonyl (C=O) groups is 2. The highest BCUT2D eigenvalue weighted by molar-refractivity contribution is 6.16. The molecule has 0 heterocycles. The summed E-state index contributed by atoms with van der Waals surface area (Å²) >= 11 is 0. The lowest BCUT2D eigenvalue weighted by Crippen LogP contribution is -2.08. The van der Waals surface area contributed by atoms with Crippen LogP contribution in [0.1, 0.15) is 20.8 Å². The number of allylic oxidation sites excluding steroid dienone is 5. The first-order valence-electron chi connectivity index (χ1n) is 4.69. The van der Waals surface area contributed by atoms with E-state index in [4.69, 9.17) is 5.11 Å². The molecule has 0 saturated carbocycles. The Hall–Kier alpha value is -1.97. The first-order valence-corrected chi connectivity index (χ1v) is 4.69. The van der Waals surface area contributed by atoms with Crippen molar-refractivity contribution >= 4 is 18.5 Å². The maximum atomic E-state index is 11.1. The third-order valence-corrected chi connectivity index (χ3v) is 1.88. The quantitative estimate of drug-likeness (QED) is 0.254. The standard InChI is InChI=1S/C12H15NO3/c1-5-10(6-8(2)13-4)7-11(9(3)14)12(15)16/h5-7H,4H2,1-3H3,(H,15,16)/b8-6-,10-5+,11-7-. The summed E-state index contributed by atoms with van der Waals surface area (Å²) in [5, 5.41) is 8.81. The van der Waals surface area contributed by atoms with Crippen molar-refractivity contribution in [3.63, 3.8) is 0 Å². The first kappa shape index (κ1) is 14.0. The van der Waals surface area contributed by atoms with Crippen LogP contribution < -0.4 is 0 Å². The van der Waals surface area contributed by atoms with E-state index in [0.29, 0.717) is 11.3 Å². The van der Waals surface area contributed by atoms with Crippen molar-refractivity contribution in [1.82, 2.24) is 0 Å². The molecule has 0 aromatic carbocycles. The largest absolute Gasteiger partial charge is 0.478 e. The molecule has 0 aliphatic rings. The molecule has 86 valence electrons. The molecular weight excluding hydrogens is 206 g/mol.